The number of morpholine rings is 1. The van der Waals surface area contributed by atoms with Crippen molar-refractivity contribution in [1.29, 1.82) is 0 Å². The van der Waals surface area contributed by atoms with Crippen LogP contribution in [0.1, 0.15) is 70.4 Å². The van der Waals surface area contributed by atoms with E-state index in [2.05, 4.69) is 76.3 Å². The lowest BCUT2D eigenvalue weighted by molar-refractivity contribution is -0.132. The first kappa shape index (κ1) is 40.9. The number of hydrogen-bond acceptors (Lipinski definition) is 6. The molecule has 0 aromatic heterocycles. The number of rotatable bonds is 20. The molecule has 0 bridgehead atoms. The van der Waals surface area contributed by atoms with Crippen molar-refractivity contribution in [2.24, 2.45) is 11.8 Å². The number of nitrogens with one attached hydrogen (secondary N) is 3. The van der Waals surface area contributed by atoms with E-state index in [0.29, 0.717) is 45.4 Å². The largest absolute Gasteiger partial charge is 0.390 e. The monoisotopic (exact) mass is 736 g/mol. The number of aliphatic hydroxyl groups is 1. The van der Waals surface area contributed by atoms with Gasteiger partial charge in [-0.25, -0.2) is 0 Å². The Kier molecular flexibility index (Phi) is 15.9. The van der Waals surface area contributed by atoms with Crippen molar-refractivity contribution in [2.45, 2.75) is 90.3 Å². The molecule has 1 heterocycles. The summed E-state index contributed by atoms with van der Waals surface area (Å²) in [5.74, 6) is -1.04. The van der Waals surface area contributed by atoms with E-state index in [0.717, 1.165) is 71.6 Å². The number of carbonyl (C=O) groups excluding carboxylic acids is 3. The molecule has 4 N–H and O–H groups in total. The molecule has 3 atom stereocenters. The average molecular weight is 737 g/mol. The molecule has 1 aliphatic rings. The van der Waals surface area contributed by atoms with Crippen molar-refractivity contribution in [1.82, 2.24) is 20.9 Å². The van der Waals surface area contributed by atoms with Gasteiger partial charge in [0.1, 0.15) is 6.04 Å². The number of aliphatic hydroxyl groups excluding tert-OH is 1. The quantitative estimate of drug-likeness (QED) is 0.0805. The molecule has 4 aromatic rings. The second-order valence-corrected chi connectivity index (χ2v) is 15.3. The third kappa shape index (κ3) is 12.1. The van der Waals surface area contributed by atoms with Crippen LogP contribution in [0.2, 0.25) is 0 Å². The van der Waals surface area contributed by atoms with Gasteiger partial charge in [0.2, 0.25) is 17.7 Å². The van der Waals surface area contributed by atoms with Crippen LogP contribution in [-0.2, 0) is 32.0 Å². The number of carbonyl (C=O) groups is 3. The van der Waals surface area contributed by atoms with Crippen LogP contribution in [0.25, 0.3) is 21.5 Å². The second kappa shape index (κ2) is 21.0. The lowest BCUT2D eigenvalue weighted by atomic mass is 9.87. The first-order chi connectivity index (χ1) is 26.2. The molecule has 1 saturated heterocycles. The maximum atomic E-state index is 14.5. The Morgan fingerprint density at radius 1 is 0.778 bits per heavy atom. The van der Waals surface area contributed by atoms with Crippen molar-refractivity contribution in [3.8, 4) is 0 Å². The first-order valence-electron chi connectivity index (χ1n) is 20.0. The number of benzene rings is 4. The van der Waals surface area contributed by atoms with Crippen LogP contribution < -0.4 is 16.0 Å². The van der Waals surface area contributed by atoms with E-state index in [1.54, 1.807) is 0 Å². The predicted octanol–water partition coefficient (Wildman–Crippen LogP) is 6.19. The van der Waals surface area contributed by atoms with Crippen molar-refractivity contribution >= 4 is 39.3 Å². The summed E-state index contributed by atoms with van der Waals surface area (Å²) in [6.45, 7) is 10.4. The van der Waals surface area contributed by atoms with E-state index >= 15 is 0 Å². The molecule has 4 aromatic carbocycles. The predicted molar refractivity (Wildman–Crippen MR) is 217 cm³/mol. The lowest BCUT2D eigenvalue weighted by Gasteiger charge is -2.29. The Morgan fingerprint density at radius 3 is 1.96 bits per heavy atom. The van der Waals surface area contributed by atoms with E-state index in [4.69, 9.17) is 4.74 Å². The lowest BCUT2D eigenvalue weighted by Crippen LogP contribution is -2.54. The van der Waals surface area contributed by atoms with Crippen LogP contribution in [0, 0.1) is 11.8 Å². The van der Waals surface area contributed by atoms with Crippen molar-refractivity contribution in [2.75, 3.05) is 39.4 Å². The van der Waals surface area contributed by atoms with Gasteiger partial charge in [0, 0.05) is 32.1 Å². The van der Waals surface area contributed by atoms with Gasteiger partial charge in [-0.3, -0.25) is 19.3 Å². The summed E-state index contributed by atoms with van der Waals surface area (Å²) in [5, 5.41) is 25.0. The van der Waals surface area contributed by atoms with Crippen LogP contribution >= 0.6 is 0 Å². The van der Waals surface area contributed by atoms with Gasteiger partial charge in [-0.2, -0.15) is 0 Å². The van der Waals surface area contributed by atoms with Crippen molar-refractivity contribution in [3.05, 3.63) is 96.1 Å². The van der Waals surface area contributed by atoms with E-state index < -0.39 is 24.1 Å². The number of fused-ring (bicyclic) bond motifs is 2. The summed E-state index contributed by atoms with van der Waals surface area (Å²) in [5.41, 5.74) is 2.17. The summed E-state index contributed by atoms with van der Waals surface area (Å²) < 4.78 is 5.40. The molecule has 1 unspecified atom stereocenters. The highest BCUT2D eigenvalue weighted by atomic mass is 16.5. The molecule has 9 nitrogen and oxygen atoms in total. The molecule has 54 heavy (non-hydrogen) atoms. The zero-order valence-electron chi connectivity index (χ0n) is 32.4. The Bertz CT molecular complexity index is 1710. The number of amides is 3. The van der Waals surface area contributed by atoms with Crippen LogP contribution in [0.15, 0.2) is 84.9 Å². The SMILES string of the molecule is CCCCCC(NC(=O)C(Cc1cccc2ccccc12)Cc1cccc2ccccc12)C(=O)N[C@@H](CC(C)C)[C@@H](O)CC(=O)NCCN1CCOCC1. The zero-order valence-corrected chi connectivity index (χ0v) is 32.4. The van der Waals surface area contributed by atoms with Crippen molar-refractivity contribution < 1.29 is 24.2 Å². The molecule has 5 rings (SSSR count). The highest BCUT2D eigenvalue weighted by molar-refractivity contribution is 5.91. The molecule has 290 valence electrons. The average Bonchev–Trinajstić information content (AvgIpc) is 3.17. The van der Waals surface area contributed by atoms with Gasteiger partial charge in [0.15, 0.2) is 0 Å². The summed E-state index contributed by atoms with van der Waals surface area (Å²) in [7, 11) is 0. The molecule has 3 amide bonds. The van der Waals surface area contributed by atoms with Gasteiger partial charge >= 0.3 is 0 Å². The molecule has 0 saturated carbocycles. The molecular formula is C45H60N4O5. The fourth-order valence-corrected chi connectivity index (χ4v) is 7.57. The van der Waals surface area contributed by atoms with E-state index in [-0.39, 0.29) is 30.1 Å². The maximum absolute atomic E-state index is 14.5. The van der Waals surface area contributed by atoms with Crippen LogP contribution in [0.5, 0.6) is 0 Å². The summed E-state index contributed by atoms with van der Waals surface area (Å²) in [4.78, 5) is 43.8. The molecule has 9 heteroatoms. The van der Waals surface area contributed by atoms with E-state index in [1.807, 2.05) is 50.2 Å². The third-order valence-electron chi connectivity index (χ3n) is 10.6. The summed E-state index contributed by atoms with van der Waals surface area (Å²) in [6.07, 6.45) is 3.48. The van der Waals surface area contributed by atoms with Crippen LogP contribution in [0.3, 0.4) is 0 Å². The van der Waals surface area contributed by atoms with Gasteiger partial charge < -0.3 is 25.8 Å². The summed E-state index contributed by atoms with van der Waals surface area (Å²) in [6, 6.07) is 27.5. The van der Waals surface area contributed by atoms with Gasteiger partial charge in [0.25, 0.3) is 0 Å². The number of unbranched alkanes of at least 4 members (excludes halogenated alkanes) is 2. The standard InChI is InChI=1S/C45H60N4O5/c1-4-5-6-21-40(45(53)48-41(28-32(2)3)42(50)31-43(51)46-22-23-49-24-26-54-27-25-49)47-44(52)37(29-35-17-11-15-33-13-7-9-19-38(33)35)30-36-18-12-16-34-14-8-10-20-39(34)36/h7-20,32,37,40-42,50H,4-6,21-31H2,1-3H3,(H,46,51)(H,47,52)(H,48,53)/t40?,41-,42-/m0/s1. The maximum Gasteiger partial charge on any atom is 0.242 e. The van der Waals surface area contributed by atoms with Gasteiger partial charge in [0.05, 0.1) is 31.8 Å². The number of ether oxygens (including phenoxy) is 1. The topological polar surface area (TPSA) is 120 Å². The molecule has 0 spiro atoms. The minimum absolute atomic E-state index is 0.119. The normalized spacial score (nSPS) is 15.3. The smallest absolute Gasteiger partial charge is 0.242 e. The Labute approximate surface area is 321 Å². The Balaban J connectivity index is 1.32. The van der Waals surface area contributed by atoms with E-state index in [9.17, 15) is 19.5 Å². The zero-order chi connectivity index (χ0) is 38.3. The third-order valence-corrected chi connectivity index (χ3v) is 10.6. The van der Waals surface area contributed by atoms with Crippen LogP contribution in [0.4, 0.5) is 0 Å². The first-order valence-corrected chi connectivity index (χ1v) is 20.0. The summed E-state index contributed by atoms with van der Waals surface area (Å²) >= 11 is 0. The molecule has 0 aliphatic carbocycles. The Hall–Kier alpha value is -4.31. The van der Waals surface area contributed by atoms with Gasteiger partial charge in [-0.1, -0.05) is 125 Å². The number of nitrogens with zero attached hydrogens (tertiary/aromatic N) is 1. The van der Waals surface area contributed by atoms with Crippen LogP contribution in [-0.4, -0.2) is 85.3 Å². The second-order valence-electron chi connectivity index (χ2n) is 15.3. The highest BCUT2D eigenvalue weighted by Gasteiger charge is 2.31. The minimum Gasteiger partial charge on any atom is -0.390 e. The fourth-order valence-electron chi connectivity index (χ4n) is 7.57. The number of hydrogen-bond donors (Lipinski definition) is 4. The highest BCUT2D eigenvalue weighted by Crippen LogP contribution is 2.27. The minimum atomic E-state index is -1.07. The molecule has 1 fully saturated rings. The van der Waals surface area contributed by atoms with E-state index in [1.165, 1.54) is 0 Å². The Morgan fingerprint density at radius 2 is 1.37 bits per heavy atom. The molecule has 0 radical (unpaired) electrons. The van der Waals surface area contributed by atoms with Crippen molar-refractivity contribution in [3.63, 3.8) is 0 Å². The van der Waals surface area contributed by atoms with Gasteiger partial charge in [-0.05, 0) is 64.3 Å². The van der Waals surface area contributed by atoms with Gasteiger partial charge in [-0.15, -0.1) is 0 Å². The molecular weight excluding hydrogens is 677 g/mol. The fraction of sp³-hybridized carbons (Fsp3) is 0.489. The molecule has 1 aliphatic heterocycles.